The van der Waals surface area contributed by atoms with Gasteiger partial charge in [0.05, 0.1) is 0 Å². The summed E-state index contributed by atoms with van der Waals surface area (Å²) in [6, 6.07) is 8.31. The molecule has 0 atom stereocenters. The molecule has 5 nitrogen and oxygen atoms in total. The molecule has 1 N–H and O–H groups in total. The summed E-state index contributed by atoms with van der Waals surface area (Å²) in [5.74, 6) is -0.0285. The molecule has 0 radical (unpaired) electrons. The lowest BCUT2D eigenvalue weighted by Crippen LogP contribution is -2.46. The van der Waals surface area contributed by atoms with Gasteiger partial charge in [-0.05, 0) is 37.1 Å². The number of halogens is 1. The van der Waals surface area contributed by atoms with Gasteiger partial charge in [0.2, 0.25) is 0 Å². The van der Waals surface area contributed by atoms with Crippen molar-refractivity contribution in [3.05, 3.63) is 40.4 Å². The van der Waals surface area contributed by atoms with E-state index in [1.165, 1.54) is 18.5 Å². The van der Waals surface area contributed by atoms with E-state index in [4.69, 9.17) is 11.6 Å². The molecular formula is C19H23ClN4OS. The quantitative estimate of drug-likeness (QED) is 0.862. The normalized spacial score (nSPS) is 18.3. The lowest BCUT2D eigenvalue weighted by atomic mass is 10.2. The number of aromatic nitrogens is 1. The average molecular weight is 391 g/mol. The van der Waals surface area contributed by atoms with Gasteiger partial charge in [0.25, 0.3) is 5.91 Å². The number of anilines is 2. The zero-order valence-corrected chi connectivity index (χ0v) is 16.2. The number of hydrogen-bond donors (Lipinski definition) is 1. The summed E-state index contributed by atoms with van der Waals surface area (Å²) in [4.78, 5) is 21.6. The molecule has 2 fully saturated rings. The number of benzene rings is 1. The van der Waals surface area contributed by atoms with Gasteiger partial charge in [0.15, 0.2) is 5.13 Å². The Morgan fingerprint density at radius 3 is 2.42 bits per heavy atom. The molecule has 4 rings (SSSR count). The zero-order chi connectivity index (χ0) is 17.9. The Labute approximate surface area is 163 Å². The zero-order valence-electron chi connectivity index (χ0n) is 14.7. The molecule has 7 heteroatoms. The van der Waals surface area contributed by atoms with E-state index in [-0.39, 0.29) is 5.91 Å². The highest BCUT2D eigenvalue weighted by molar-refractivity contribution is 7.13. The van der Waals surface area contributed by atoms with Crippen molar-refractivity contribution < 1.29 is 4.79 Å². The van der Waals surface area contributed by atoms with Crippen molar-refractivity contribution in [1.29, 1.82) is 0 Å². The van der Waals surface area contributed by atoms with Crippen LogP contribution in [-0.2, 0) is 0 Å². The third-order valence-corrected chi connectivity index (χ3v) is 6.31. The fourth-order valence-electron chi connectivity index (χ4n) is 3.65. The van der Waals surface area contributed by atoms with E-state index < -0.39 is 0 Å². The lowest BCUT2D eigenvalue weighted by molar-refractivity contribution is 0.0933. The molecule has 1 aliphatic heterocycles. The number of carbonyl (C=O) groups excluding carboxylic acids is 1. The molecule has 0 spiro atoms. The van der Waals surface area contributed by atoms with Crippen LogP contribution >= 0.6 is 22.9 Å². The van der Waals surface area contributed by atoms with Gasteiger partial charge in [-0.1, -0.05) is 24.4 Å². The molecule has 1 saturated carbocycles. The molecular weight excluding hydrogens is 368 g/mol. The van der Waals surface area contributed by atoms with Crippen LogP contribution in [0.1, 0.15) is 36.2 Å². The molecule has 0 unspecified atom stereocenters. The second kappa shape index (κ2) is 7.84. The van der Waals surface area contributed by atoms with Gasteiger partial charge >= 0.3 is 0 Å². The van der Waals surface area contributed by atoms with E-state index in [2.05, 4.69) is 32.2 Å². The Morgan fingerprint density at radius 1 is 1.08 bits per heavy atom. The molecule has 0 bridgehead atoms. The van der Waals surface area contributed by atoms with E-state index in [0.717, 1.165) is 49.2 Å². The SMILES string of the molecule is O=C(NC1CCCC1)c1csc(N2CCN(c3ccc(Cl)cc3)CC2)n1. The summed E-state index contributed by atoms with van der Waals surface area (Å²) in [7, 11) is 0. The summed E-state index contributed by atoms with van der Waals surface area (Å²) in [5, 5.41) is 6.70. The predicted molar refractivity (Wildman–Crippen MR) is 108 cm³/mol. The van der Waals surface area contributed by atoms with Gasteiger partial charge in [-0.3, -0.25) is 4.79 Å². The van der Waals surface area contributed by atoms with Gasteiger partial charge < -0.3 is 15.1 Å². The van der Waals surface area contributed by atoms with E-state index in [0.29, 0.717) is 11.7 Å². The van der Waals surface area contributed by atoms with E-state index >= 15 is 0 Å². The van der Waals surface area contributed by atoms with E-state index in [9.17, 15) is 4.79 Å². The number of thiazole rings is 1. The van der Waals surface area contributed by atoms with Crippen molar-refractivity contribution in [2.24, 2.45) is 0 Å². The number of nitrogens with zero attached hydrogens (tertiary/aromatic N) is 3. The fraction of sp³-hybridized carbons (Fsp3) is 0.474. The van der Waals surface area contributed by atoms with Gasteiger partial charge in [-0.25, -0.2) is 4.98 Å². The van der Waals surface area contributed by atoms with Crippen LogP contribution in [0.2, 0.25) is 5.02 Å². The first-order valence-corrected chi connectivity index (χ1v) is 10.5. The maximum absolute atomic E-state index is 12.4. The Hall–Kier alpha value is -1.79. The number of piperazine rings is 1. The second-order valence-corrected chi connectivity index (χ2v) is 8.19. The summed E-state index contributed by atoms with van der Waals surface area (Å²) >= 11 is 7.53. The molecule has 2 heterocycles. The Kier molecular flexibility index (Phi) is 5.31. The topological polar surface area (TPSA) is 48.5 Å². The second-order valence-electron chi connectivity index (χ2n) is 6.92. The van der Waals surface area contributed by atoms with Crippen LogP contribution in [-0.4, -0.2) is 43.1 Å². The van der Waals surface area contributed by atoms with Gasteiger partial charge in [0, 0.05) is 48.3 Å². The first-order valence-electron chi connectivity index (χ1n) is 9.21. The summed E-state index contributed by atoms with van der Waals surface area (Å²) in [5.41, 5.74) is 1.75. The largest absolute Gasteiger partial charge is 0.368 e. The van der Waals surface area contributed by atoms with Crippen LogP contribution < -0.4 is 15.1 Å². The first kappa shape index (κ1) is 17.6. The van der Waals surface area contributed by atoms with Crippen molar-refractivity contribution in [2.75, 3.05) is 36.0 Å². The molecule has 2 aromatic rings. The van der Waals surface area contributed by atoms with Crippen LogP contribution in [0.25, 0.3) is 0 Å². The van der Waals surface area contributed by atoms with Gasteiger partial charge in [-0.2, -0.15) is 0 Å². The van der Waals surface area contributed by atoms with E-state index in [1.54, 1.807) is 11.3 Å². The molecule has 1 saturated heterocycles. The van der Waals surface area contributed by atoms with Crippen LogP contribution in [0.4, 0.5) is 10.8 Å². The maximum Gasteiger partial charge on any atom is 0.271 e. The minimum atomic E-state index is -0.0285. The van der Waals surface area contributed by atoms with Crippen LogP contribution in [0.5, 0.6) is 0 Å². The highest BCUT2D eigenvalue weighted by atomic mass is 35.5. The Bertz CT molecular complexity index is 749. The van der Waals surface area contributed by atoms with Crippen LogP contribution in [0.15, 0.2) is 29.6 Å². The minimum Gasteiger partial charge on any atom is -0.368 e. The van der Waals surface area contributed by atoms with Gasteiger partial charge in [-0.15, -0.1) is 11.3 Å². The van der Waals surface area contributed by atoms with E-state index in [1.807, 2.05) is 17.5 Å². The number of carbonyl (C=O) groups is 1. The minimum absolute atomic E-state index is 0.0285. The molecule has 26 heavy (non-hydrogen) atoms. The standard InChI is InChI=1S/C19H23ClN4OS/c20-14-5-7-16(8-6-14)23-9-11-24(12-10-23)19-22-17(13-26-19)18(25)21-15-3-1-2-4-15/h5-8,13,15H,1-4,9-12H2,(H,21,25). The van der Waals surface area contributed by atoms with Crippen molar-refractivity contribution in [1.82, 2.24) is 10.3 Å². The Balaban J connectivity index is 1.33. The Morgan fingerprint density at radius 2 is 1.73 bits per heavy atom. The highest BCUT2D eigenvalue weighted by Gasteiger charge is 2.23. The fourth-order valence-corrected chi connectivity index (χ4v) is 4.64. The first-order chi connectivity index (χ1) is 12.7. The lowest BCUT2D eigenvalue weighted by Gasteiger charge is -2.36. The average Bonchev–Trinajstić information content (AvgIpc) is 3.34. The molecule has 1 amide bonds. The van der Waals surface area contributed by atoms with Crippen molar-refractivity contribution >= 4 is 39.7 Å². The third kappa shape index (κ3) is 3.96. The number of rotatable bonds is 4. The molecule has 138 valence electrons. The number of hydrogen-bond acceptors (Lipinski definition) is 5. The monoisotopic (exact) mass is 390 g/mol. The van der Waals surface area contributed by atoms with Crippen LogP contribution in [0.3, 0.4) is 0 Å². The highest BCUT2D eigenvalue weighted by Crippen LogP contribution is 2.25. The third-order valence-electron chi connectivity index (χ3n) is 5.16. The van der Waals surface area contributed by atoms with Crippen molar-refractivity contribution in [3.63, 3.8) is 0 Å². The number of nitrogens with one attached hydrogen (secondary N) is 1. The van der Waals surface area contributed by atoms with Gasteiger partial charge in [0.1, 0.15) is 5.69 Å². The predicted octanol–water partition coefficient (Wildman–Crippen LogP) is 3.80. The summed E-state index contributed by atoms with van der Waals surface area (Å²) < 4.78 is 0. The molecule has 1 aromatic heterocycles. The summed E-state index contributed by atoms with van der Waals surface area (Å²) in [6.45, 7) is 3.68. The smallest absolute Gasteiger partial charge is 0.271 e. The van der Waals surface area contributed by atoms with Crippen molar-refractivity contribution in [3.8, 4) is 0 Å². The molecule has 1 aromatic carbocycles. The van der Waals surface area contributed by atoms with Crippen molar-refractivity contribution in [2.45, 2.75) is 31.7 Å². The van der Waals surface area contributed by atoms with Crippen LogP contribution in [0, 0.1) is 0 Å². The molecule has 2 aliphatic rings. The maximum atomic E-state index is 12.4. The summed E-state index contributed by atoms with van der Waals surface area (Å²) in [6.07, 6.45) is 4.61. The molecule has 1 aliphatic carbocycles. The number of amides is 1.